The van der Waals surface area contributed by atoms with Gasteiger partial charge in [0.2, 0.25) is 5.91 Å². The lowest BCUT2D eigenvalue weighted by Crippen LogP contribution is -2.51. The van der Waals surface area contributed by atoms with Crippen molar-refractivity contribution in [3.63, 3.8) is 0 Å². The molecule has 0 saturated heterocycles. The summed E-state index contributed by atoms with van der Waals surface area (Å²) >= 11 is 0. The van der Waals surface area contributed by atoms with Gasteiger partial charge in [0.15, 0.2) is 0 Å². The molecular weight excluding hydrogens is 192 g/mol. The molecule has 4 N–H and O–H groups in total. The van der Waals surface area contributed by atoms with Gasteiger partial charge < -0.3 is 16.0 Å². The van der Waals surface area contributed by atoms with Gasteiger partial charge in [-0.1, -0.05) is 0 Å². The zero-order valence-electron chi connectivity index (χ0n) is 9.37. The Morgan fingerprint density at radius 3 is 2.73 bits per heavy atom. The number of nitrogens with two attached hydrogens (primary N) is 1. The van der Waals surface area contributed by atoms with Gasteiger partial charge in [-0.15, -0.1) is 0 Å². The van der Waals surface area contributed by atoms with E-state index in [1.807, 2.05) is 20.8 Å². The van der Waals surface area contributed by atoms with Crippen LogP contribution in [0, 0.1) is 0 Å². The minimum atomic E-state index is -0.381. The number of hydrogen-bond acceptors (Lipinski definition) is 3. The summed E-state index contributed by atoms with van der Waals surface area (Å²) < 4.78 is 0. The fourth-order valence-electron chi connectivity index (χ4n) is 1.36. The number of rotatable bonds is 4. The SMILES string of the molecule is CC(C)(C)N[C@H](Cc1c[nH]cn1)C(N)=O. The van der Waals surface area contributed by atoms with Gasteiger partial charge in [-0.2, -0.15) is 0 Å². The van der Waals surface area contributed by atoms with Gasteiger partial charge in [-0.05, 0) is 20.8 Å². The monoisotopic (exact) mass is 210 g/mol. The Balaban J connectivity index is 2.63. The molecule has 0 saturated carbocycles. The number of H-pyrrole nitrogens is 1. The molecule has 0 bridgehead atoms. The first-order chi connectivity index (χ1) is 6.88. The maximum Gasteiger partial charge on any atom is 0.234 e. The highest BCUT2D eigenvalue weighted by molar-refractivity contribution is 5.80. The molecule has 1 atom stereocenters. The van der Waals surface area contributed by atoms with Crippen LogP contribution in [0.2, 0.25) is 0 Å². The van der Waals surface area contributed by atoms with E-state index in [1.54, 1.807) is 12.5 Å². The molecule has 0 aliphatic carbocycles. The molecule has 1 aromatic heterocycles. The standard InChI is InChI=1S/C10H18N4O/c1-10(2,3)14-8(9(11)15)4-7-5-12-6-13-7/h5-6,8,14H,4H2,1-3H3,(H2,11,15)(H,12,13)/t8-/m1/s1. The van der Waals surface area contributed by atoms with Gasteiger partial charge in [-0.25, -0.2) is 4.98 Å². The van der Waals surface area contributed by atoms with E-state index in [0.717, 1.165) is 5.69 Å². The summed E-state index contributed by atoms with van der Waals surface area (Å²) in [5, 5.41) is 3.17. The van der Waals surface area contributed by atoms with Crippen molar-refractivity contribution in [1.29, 1.82) is 0 Å². The van der Waals surface area contributed by atoms with Crippen LogP contribution in [0.3, 0.4) is 0 Å². The molecule has 0 aliphatic heterocycles. The number of hydrogen-bond donors (Lipinski definition) is 3. The zero-order valence-corrected chi connectivity index (χ0v) is 9.37. The molecule has 0 spiro atoms. The number of carbonyl (C=O) groups is 1. The van der Waals surface area contributed by atoms with E-state index >= 15 is 0 Å². The molecule has 84 valence electrons. The molecule has 15 heavy (non-hydrogen) atoms. The van der Waals surface area contributed by atoms with Crippen molar-refractivity contribution in [3.05, 3.63) is 18.2 Å². The van der Waals surface area contributed by atoms with Gasteiger partial charge in [0, 0.05) is 18.2 Å². The molecule has 0 fully saturated rings. The predicted molar refractivity (Wildman–Crippen MR) is 58.2 cm³/mol. The van der Waals surface area contributed by atoms with Crippen LogP contribution < -0.4 is 11.1 Å². The highest BCUT2D eigenvalue weighted by atomic mass is 16.1. The molecular formula is C10H18N4O. The van der Waals surface area contributed by atoms with Gasteiger partial charge >= 0.3 is 0 Å². The minimum absolute atomic E-state index is 0.143. The van der Waals surface area contributed by atoms with Gasteiger partial charge in [0.05, 0.1) is 18.1 Å². The minimum Gasteiger partial charge on any atom is -0.368 e. The summed E-state index contributed by atoms with van der Waals surface area (Å²) in [5.41, 5.74) is 6.01. The number of amides is 1. The van der Waals surface area contributed by atoms with Crippen molar-refractivity contribution in [2.45, 2.75) is 38.8 Å². The summed E-state index contributed by atoms with van der Waals surface area (Å²) in [5.74, 6) is -0.354. The molecule has 5 heteroatoms. The Kier molecular flexibility index (Phi) is 3.47. The molecule has 1 amide bonds. The van der Waals surface area contributed by atoms with E-state index in [2.05, 4.69) is 15.3 Å². The Labute approximate surface area is 89.5 Å². The first-order valence-corrected chi connectivity index (χ1v) is 4.93. The Morgan fingerprint density at radius 1 is 1.67 bits per heavy atom. The first-order valence-electron chi connectivity index (χ1n) is 4.93. The maximum atomic E-state index is 11.2. The van der Waals surface area contributed by atoms with Crippen LogP contribution in [0.1, 0.15) is 26.5 Å². The van der Waals surface area contributed by atoms with Crippen molar-refractivity contribution in [1.82, 2.24) is 15.3 Å². The molecule has 1 heterocycles. The third-order valence-corrected chi connectivity index (χ3v) is 1.92. The van der Waals surface area contributed by atoms with E-state index in [-0.39, 0.29) is 17.5 Å². The van der Waals surface area contributed by atoms with Crippen LogP contribution in [-0.4, -0.2) is 27.5 Å². The molecule has 1 aromatic rings. The summed E-state index contributed by atoms with van der Waals surface area (Å²) in [4.78, 5) is 18.1. The molecule has 0 aliphatic rings. The molecule has 1 rings (SSSR count). The topological polar surface area (TPSA) is 83.8 Å². The second kappa shape index (κ2) is 4.44. The Bertz CT molecular complexity index is 313. The molecule has 0 radical (unpaired) electrons. The molecule has 5 nitrogen and oxygen atoms in total. The van der Waals surface area contributed by atoms with Crippen molar-refractivity contribution < 1.29 is 4.79 Å². The highest BCUT2D eigenvalue weighted by Crippen LogP contribution is 2.05. The lowest BCUT2D eigenvalue weighted by molar-refractivity contribution is -0.120. The molecule has 0 unspecified atom stereocenters. The summed E-state index contributed by atoms with van der Waals surface area (Å²) in [7, 11) is 0. The first kappa shape index (κ1) is 11.7. The van der Waals surface area contributed by atoms with Crippen LogP contribution in [0.15, 0.2) is 12.5 Å². The predicted octanol–water partition coefficient (Wildman–Crippen LogP) is 0.194. The quantitative estimate of drug-likeness (QED) is 0.663. The lowest BCUT2D eigenvalue weighted by Gasteiger charge is -2.26. The van der Waals surface area contributed by atoms with E-state index in [9.17, 15) is 4.79 Å². The smallest absolute Gasteiger partial charge is 0.234 e. The fourth-order valence-corrected chi connectivity index (χ4v) is 1.36. The van der Waals surface area contributed by atoms with E-state index in [0.29, 0.717) is 6.42 Å². The van der Waals surface area contributed by atoms with E-state index in [1.165, 1.54) is 0 Å². The lowest BCUT2D eigenvalue weighted by atomic mass is 10.0. The normalized spacial score (nSPS) is 13.8. The van der Waals surface area contributed by atoms with E-state index in [4.69, 9.17) is 5.73 Å². The summed E-state index contributed by atoms with van der Waals surface area (Å²) in [6.45, 7) is 5.98. The van der Waals surface area contributed by atoms with Crippen molar-refractivity contribution in [2.75, 3.05) is 0 Å². The number of carbonyl (C=O) groups excluding carboxylic acids is 1. The number of nitrogens with one attached hydrogen (secondary N) is 2. The maximum absolute atomic E-state index is 11.2. The number of nitrogens with zero attached hydrogens (tertiary/aromatic N) is 1. The zero-order chi connectivity index (χ0) is 11.5. The summed E-state index contributed by atoms with van der Waals surface area (Å²) in [6, 6.07) is -0.381. The van der Waals surface area contributed by atoms with Crippen LogP contribution in [-0.2, 0) is 11.2 Å². The van der Waals surface area contributed by atoms with Crippen LogP contribution >= 0.6 is 0 Å². The number of aromatic nitrogens is 2. The number of imidazole rings is 1. The highest BCUT2D eigenvalue weighted by Gasteiger charge is 2.22. The molecule has 0 aromatic carbocycles. The van der Waals surface area contributed by atoms with Crippen LogP contribution in [0.25, 0.3) is 0 Å². The number of primary amides is 1. The Hall–Kier alpha value is -1.36. The fraction of sp³-hybridized carbons (Fsp3) is 0.600. The Morgan fingerprint density at radius 2 is 2.33 bits per heavy atom. The number of aromatic amines is 1. The van der Waals surface area contributed by atoms with Crippen molar-refractivity contribution >= 4 is 5.91 Å². The van der Waals surface area contributed by atoms with Crippen molar-refractivity contribution in [3.8, 4) is 0 Å². The third kappa shape index (κ3) is 4.12. The van der Waals surface area contributed by atoms with Crippen molar-refractivity contribution in [2.24, 2.45) is 5.73 Å². The van der Waals surface area contributed by atoms with Gasteiger partial charge in [-0.3, -0.25) is 4.79 Å². The average molecular weight is 210 g/mol. The van der Waals surface area contributed by atoms with Gasteiger partial charge in [0.25, 0.3) is 0 Å². The average Bonchev–Trinajstić information content (AvgIpc) is 2.52. The van der Waals surface area contributed by atoms with Crippen LogP contribution in [0.4, 0.5) is 0 Å². The van der Waals surface area contributed by atoms with E-state index < -0.39 is 0 Å². The summed E-state index contributed by atoms with van der Waals surface area (Å²) in [6.07, 6.45) is 3.86. The largest absolute Gasteiger partial charge is 0.368 e. The second-order valence-corrected chi connectivity index (χ2v) is 4.61. The van der Waals surface area contributed by atoms with Gasteiger partial charge in [0.1, 0.15) is 0 Å². The van der Waals surface area contributed by atoms with Crippen LogP contribution in [0.5, 0.6) is 0 Å². The third-order valence-electron chi connectivity index (χ3n) is 1.92. The second-order valence-electron chi connectivity index (χ2n) is 4.61.